The molecule has 0 aliphatic carbocycles. The van der Waals surface area contributed by atoms with Crippen LogP contribution in [0.2, 0.25) is 0 Å². The lowest BCUT2D eigenvalue weighted by molar-refractivity contribution is -0.829. The van der Waals surface area contributed by atoms with Crippen molar-refractivity contribution in [1.29, 1.82) is 0 Å². The van der Waals surface area contributed by atoms with E-state index in [1.165, 1.54) is 0 Å². The van der Waals surface area contributed by atoms with Crippen molar-refractivity contribution in [3.8, 4) is 0 Å². The molecule has 3 atom stereocenters. The van der Waals surface area contributed by atoms with Crippen LogP contribution in [-0.4, -0.2) is 68.9 Å². The van der Waals surface area contributed by atoms with E-state index >= 15 is 0 Å². The minimum absolute atomic E-state index is 0.00326. The van der Waals surface area contributed by atoms with Gasteiger partial charge in [0.15, 0.2) is 23.9 Å². The van der Waals surface area contributed by atoms with Crippen molar-refractivity contribution < 1.29 is 33.3 Å². The van der Waals surface area contributed by atoms with Gasteiger partial charge in [-0.1, -0.05) is 13.8 Å². The third kappa shape index (κ3) is 7.48. The van der Waals surface area contributed by atoms with Crippen molar-refractivity contribution in [2.75, 3.05) is 27.9 Å². The zero-order valence-electron chi connectivity index (χ0n) is 17.9. The van der Waals surface area contributed by atoms with Crippen molar-refractivity contribution >= 4 is 6.21 Å². The van der Waals surface area contributed by atoms with Crippen LogP contribution in [0.15, 0.2) is 0 Å². The fourth-order valence-electron chi connectivity index (χ4n) is 2.68. The highest BCUT2D eigenvalue weighted by molar-refractivity contribution is 5.53. The van der Waals surface area contributed by atoms with Crippen LogP contribution < -0.4 is 0 Å². The Morgan fingerprint density at radius 1 is 1.08 bits per heavy atom. The molecular weight excluding hydrogens is 338 g/mol. The highest BCUT2D eigenvalue weighted by Gasteiger charge is 2.47. The second kappa shape index (κ2) is 9.99. The van der Waals surface area contributed by atoms with Gasteiger partial charge in [0.05, 0.1) is 12.7 Å². The Labute approximate surface area is 158 Å². The molecule has 7 nitrogen and oxygen atoms in total. The number of hydrogen-bond donors (Lipinski definition) is 0. The molecule has 1 unspecified atom stereocenters. The topological polar surface area (TPSA) is 58.4 Å². The van der Waals surface area contributed by atoms with Gasteiger partial charge in [-0.3, -0.25) is 4.84 Å². The van der Waals surface area contributed by atoms with Crippen molar-refractivity contribution in [3.05, 3.63) is 0 Å². The monoisotopic (exact) mass is 376 g/mol. The molecule has 0 amide bonds. The van der Waals surface area contributed by atoms with Gasteiger partial charge in [-0.25, -0.2) is 0 Å². The number of methoxy groups -OCH3 is 2. The van der Waals surface area contributed by atoms with Crippen LogP contribution in [0.3, 0.4) is 0 Å². The minimum Gasteiger partial charge on any atom is -0.354 e. The van der Waals surface area contributed by atoms with E-state index in [4.69, 9.17) is 28.5 Å². The lowest BCUT2D eigenvalue weighted by Gasteiger charge is -2.27. The number of rotatable bonds is 11. The normalized spacial score (nSPS) is 25.2. The Hall–Kier alpha value is -0.730. The van der Waals surface area contributed by atoms with E-state index in [0.717, 1.165) is 12.8 Å². The fourth-order valence-corrected chi connectivity index (χ4v) is 2.68. The van der Waals surface area contributed by atoms with E-state index in [0.29, 0.717) is 12.5 Å². The van der Waals surface area contributed by atoms with Gasteiger partial charge in [0, 0.05) is 31.3 Å². The summed E-state index contributed by atoms with van der Waals surface area (Å²) in [5, 5.41) is 0. The molecule has 0 N–H and O–H groups in total. The van der Waals surface area contributed by atoms with Gasteiger partial charge in [0.1, 0.15) is 7.11 Å². The summed E-state index contributed by atoms with van der Waals surface area (Å²) in [7, 11) is 4.91. The molecule has 0 aromatic carbocycles. The van der Waals surface area contributed by atoms with E-state index in [1.807, 2.05) is 33.9 Å². The standard InChI is InChI=1S/C19H38NO6/c1-14(2)13-20(23-9)17-16(26-19(5,6)22-8)12-15(25-17)10-11-24-18(3,4)21-7/h13-17H,10-12H2,1-9H3/q+1/t15-,16-,17?/m0/s1. The average Bonchev–Trinajstić information content (AvgIpc) is 2.94. The molecule has 0 aromatic rings. The highest BCUT2D eigenvalue weighted by Crippen LogP contribution is 2.30. The fraction of sp³-hybridized carbons (Fsp3) is 0.947. The molecule has 1 rings (SSSR count). The van der Waals surface area contributed by atoms with Crippen LogP contribution in [0.4, 0.5) is 0 Å². The molecule has 1 heterocycles. The van der Waals surface area contributed by atoms with Crippen molar-refractivity contribution in [3.63, 3.8) is 0 Å². The Bertz CT molecular complexity index is 449. The Kier molecular flexibility index (Phi) is 8.96. The van der Waals surface area contributed by atoms with Crippen molar-refractivity contribution in [1.82, 2.24) is 0 Å². The summed E-state index contributed by atoms with van der Waals surface area (Å²) < 4.78 is 30.6. The van der Waals surface area contributed by atoms with E-state index in [2.05, 4.69) is 13.8 Å². The molecule has 26 heavy (non-hydrogen) atoms. The van der Waals surface area contributed by atoms with E-state index < -0.39 is 11.6 Å². The number of hydroxylamine groups is 1. The quantitative estimate of drug-likeness (QED) is 0.239. The van der Waals surface area contributed by atoms with Gasteiger partial charge in [0.25, 0.3) is 0 Å². The Balaban J connectivity index is 2.81. The summed E-state index contributed by atoms with van der Waals surface area (Å²) >= 11 is 0. The predicted molar refractivity (Wildman–Crippen MR) is 99.1 cm³/mol. The van der Waals surface area contributed by atoms with Crippen LogP contribution in [-0.2, 0) is 28.5 Å². The maximum absolute atomic E-state index is 6.24. The number of ether oxygens (including phenoxy) is 5. The lowest BCUT2D eigenvalue weighted by atomic mass is 10.1. The first-order chi connectivity index (χ1) is 12.0. The van der Waals surface area contributed by atoms with Crippen LogP contribution >= 0.6 is 0 Å². The SMILES string of the molecule is CO[N+](=CC(C)C)C1O[C@@H](CCOC(C)(C)OC)C[C@@H]1OC(C)(C)OC. The lowest BCUT2D eigenvalue weighted by Crippen LogP contribution is -2.42. The molecule has 0 saturated carbocycles. The van der Waals surface area contributed by atoms with Crippen LogP contribution in [0.25, 0.3) is 0 Å². The van der Waals surface area contributed by atoms with Crippen molar-refractivity contribution in [2.24, 2.45) is 5.92 Å². The Morgan fingerprint density at radius 2 is 1.69 bits per heavy atom. The number of nitrogens with zero attached hydrogens (tertiary/aromatic N) is 1. The van der Waals surface area contributed by atoms with E-state index in [1.54, 1.807) is 26.1 Å². The molecule has 1 fully saturated rings. The number of hydrogen-bond acceptors (Lipinski definition) is 6. The first-order valence-electron chi connectivity index (χ1n) is 9.28. The molecule has 1 aliphatic heterocycles. The second-order valence-corrected chi connectivity index (χ2v) is 7.82. The minimum atomic E-state index is -0.701. The largest absolute Gasteiger partial charge is 0.354 e. The molecule has 0 radical (unpaired) electrons. The molecule has 0 spiro atoms. The van der Waals surface area contributed by atoms with Gasteiger partial charge in [-0.2, -0.15) is 0 Å². The molecule has 0 aromatic heterocycles. The van der Waals surface area contributed by atoms with E-state index in [-0.39, 0.29) is 18.4 Å². The highest BCUT2D eigenvalue weighted by atomic mass is 16.7. The van der Waals surface area contributed by atoms with Crippen molar-refractivity contribution in [2.45, 2.75) is 84.4 Å². The maximum atomic E-state index is 6.24. The third-order valence-corrected chi connectivity index (χ3v) is 4.36. The molecule has 154 valence electrons. The summed E-state index contributed by atoms with van der Waals surface area (Å²) in [6.45, 7) is 12.3. The third-order valence-electron chi connectivity index (χ3n) is 4.36. The summed E-state index contributed by atoms with van der Waals surface area (Å²) in [6.07, 6.45) is 2.96. The van der Waals surface area contributed by atoms with Gasteiger partial charge in [-0.15, -0.1) is 0 Å². The van der Waals surface area contributed by atoms with Gasteiger partial charge in [0.2, 0.25) is 0 Å². The Morgan fingerprint density at radius 3 is 2.19 bits per heavy atom. The summed E-state index contributed by atoms with van der Waals surface area (Å²) in [5.74, 6) is -0.984. The summed E-state index contributed by atoms with van der Waals surface area (Å²) in [4.78, 5) is 5.53. The first-order valence-corrected chi connectivity index (χ1v) is 9.28. The second-order valence-electron chi connectivity index (χ2n) is 7.82. The summed E-state index contributed by atoms with van der Waals surface area (Å²) in [5.41, 5.74) is 0. The zero-order chi connectivity index (χ0) is 20.0. The average molecular weight is 377 g/mol. The predicted octanol–water partition coefficient (Wildman–Crippen LogP) is 2.96. The molecule has 7 heteroatoms. The van der Waals surface area contributed by atoms with Crippen LogP contribution in [0.5, 0.6) is 0 Å². The van der Waals surface area contributed by atoms with E-state index in [9.17, 15) is 0 Å². The van der Waals surface area contributed by atoms with Gasteiger partial charge >= 0.3 is 6.23 Å². The van der Waals surface area contributed by atoms with Crippen LogP contribution in [0.1, 0.15) is 54.4 Å². The molecule has 0 bridgehead atoms. The maximum Gasteiger partial charge on any atom is 0.331 e. The molecule has 1 aliphatic rings. The zero-order valence-corrected chi connectivity index (χ0v) is 17.9. The first kappa shape index (κ1) is 23.3. The van der Waals surface area contributed by atoms with Gasteiger partial charge in [-0.05, 0) is 34.1 Å². The molecular formula is C19H38NO6+. The summed E-state index contributed by atoms with van der Waals surface area (Å²) in [6, 6.07) is 0. The van der Waals surface area contributed by atoms with Gasteiger partial charge < -0.3 is 23.7 Å². The smallest absolute Gasteiger partial charge is 0.331 e. The molecule has 1 saturated heterocycles. The van der Waals surface area contributed by atoms with Crippen LogP contribution in [0, 0.1) is 5.92 Å².